The van der Waals surface area contributed by atoms with Crippen molar-refractivity contribution in [2.45, 2.75) is 19.4 Å². The fourth-order valence-corrected chi connectivity index (χ4v) is 1.80. The fraction of sp³-hybridized carbons (Fsp3) is 0.250. The lowest BCUT2D eigenvalue weighted by Gasteiger charge is -2.04. The number of aliphatic hydroxyl groups excluding tert-OH is 1. The number of para-hydroxylation sites is 1. The molecule has 1 unspecified atom stereocenters. The van der Waals surface area contributed by atoms with Crippen molar-refractivity contribution in [1.29, 1.82) is 0 Å². The minimum atomic E-state index is -0.401. The van der Waals surface area contributed by atoms with Gasteiger partial charge in [0.05, 0.1) is 17.3 Å². The molecule has 0 bridgehead atoms. The van der Waals surface area contributed by atoms with E-state index in [-0.39, 0.29) is 5.91 Å². The second-order valence-electron chi connectivity index (χ2n) is 4.69. The maximum atomic E-state index is 11.6. The lowest BCUT2D eigenvalue weighted by Crippen LogP contribution is -2.24. The molecule has 4 nitrogen and oxygen atoms in total. The topological polar surface area (TPSA) is 62.2 Å². The van der Waals surface area contributed by atoms with E-state index >= 15 is 0 Å². The molecule has 0 fully saturated rings. The summed E-state index contributed by atoms with van der Waals surface area (Å²) >= 11 is 0. The highest BCUT2D eigenvalue weighted by atomic mass is 16.3. The molecule has 1 atom stereocenters. The zero-order valence-electron chi connectivity index (χ0n) is 11.4. The van der Waals surface area contributed by atoms with Crippen LogP contribution in [0.4, 0.5) is 0 Å². The third-order valence-corrected chi connectivity index (χ3v) is 2.89. The van der Waals surface area contributed by atoms with E-state index < -0.39 is 6.10 Å². The molecule has 0 aliphatic carbocycles. The Labute approximate surface area is 118 Å². The number of aromatic nitrogens is 1. The second-order valence-corrected chi connectivity index (χ2v) is 4.69. The van der Waals surface area contributed by atoms with Gasteiger partial charge in [-0.3, -0.25) is 4.79 Å². The van der Waals surface area contributed by atoms with Gasteiger partial charge in [-0.05, 0) is 31.6 Å². The van der Waals surface area contributed by atoms with Crippen molar-refractivity contribution in [3.05, 3.63) is 48.2 Å². The molecule has 0 aliphatic heterocycles. The number of nitrogens with zero attached hydrogens (tertiary/aromatic N) is 1. The third-order valence-electron chi connectivity index (χ3n) is 2.89. The van der Waals surface area contributed by atoms with Gasteiger partial charge in [-0.25, -0.2) is 4.98 Å². The lowest BCUT2D eigenvalue weighted by atomic mass is 10.2. The highest BCUT2D eigenvalue weighted by Crippen LogP contribution is 2.12. The van der Waals surface area contributed by atoms with Crippen molar-refractivity contribution in [1.82, 2.24) is 10.3 Å². The maximum Gasteiger partial charge on any atom is 0.244 e. The Bertz CT molecular complexity index is 621. The minimum absolute atomic E-state index is 0.180. The van der Waals surface area contributed by atoms with Gasteiger partial charge in [0.25, 0.3) is 0 Å². The first-order valence-electron chi connectivity index (χ1n) is 6.65. The van der Waals surface area contributed by atoms with Crippen molar-refractivity contribution in [3.8, 4) is 0 Å². The van der Waals surface area contributed by atoms with Gasteiger partial charge < -0.3 is 10.4 Å². The van der Waals surface area contributed by atoms with Crippen LogP contribution in [0.2, 0.25) is 0 Å². The SMILES string of the molecule is CC(O)CCNC(=O)C=Cc1ccc2ccccc2n1. The van der Waals surface area contributed by atoms with Crippen LogP contribution in [0.25, 0.3) is 17.0 Å². The fourth-order valence-electron chi connectivity index (χ4n) is 1.80. The third kappa shape index (κ3) is 4.17. The van der Waals surface area contributed by atoms with Gasteiger partial charge in [0.15, 0.2) is 0 Å². The molecule has 1 heterocycles. The Balaban J connectivity index is 1.97. The van der Waals surface area contributed by atoms with Crippen LogP contribution in [-0.2, 0) is 4.79 Å². The molecule has 1 aromatic heterocycles. The first-order chi connectivity index (χ1) is 9.65. The van der Waals surface area contributed by atoms with Crippen molar-refractivity contribution in [2.24, 2.45) is 0 Å². The molecule has 1 amide bonds. The Morgan fingerprint density at radius 1 is 1.35 bits per heavy atom. The molecular weight excluding hydrogens is 252 g/mol. The highest BCUT2D eigenvalue weighted by molar-refractivity contribution is 5.91. The number of hydrogen-bond acceptors (Lipinski definition) is 3. The van der Waals surface area contributed by atoms with E-state index in [1.165, 1.54) is 6.08 Å². The molecule has 2 rings (SSSR count). The number of benzene rings is 1. The number of rotatable bonds is 5. The Morgan fingerprint density at radius 3 is 2.95 bits per heavy atom. The van der Waals surface area contributed by atoms with E-state index in [0.717, 1.165) is 16.6 Å². The average Bonchev–Trinajstić information content (AvgIpc) is 2.44. The number of fused-ring (bicyclic) bond motifs is 1. The van der Waals surface area contributed by atoms with Gasteiger partial charge in [0, 0.05) is 18.0 Å². The maximum absolute atomic E-state index is 11.6. The molecule has 0 saturated carbocycles. The van der Waals surface area contributed by atoms with Crippen LogP contribution in [0.3, 0.4) is 0 Å². The molecule has 2 aromatic rings. The molecule has 2 N–H and O–H groups in total. The molecule has 0 aliphatic rings. The lowest BCUT2D eigenvalue weighted by molar-refractivity contribution is -0.116. The monoisotopic (exact) mass is 270 g/mol. The highest BCUT2D eigenvalue weighted by Gasteiger charge is 1.99. The van der Waals surface area contributed by atoms with Gasteiger partial charge in [0.2, 0.25) is 5.91 Å². The van der Waals surface area contributed by atoms with E-state index in [4.69, 9.17) is 5.11 Å². The number of carbonyl (C=O) groups excluding carboxylic acids is 1. The standard InChI is InChI=1S/C16H18N2O2/c1-12(19)10-11-17-16(20)9-8-14-7-6-13-4-2-3-5-15(13)18-14/h2-9,12,19H,10-11H2,1H3,(H,17,20). The van der Waals surface area contributed by atoms with Gasteiger partial charge in [-0.2, -0.15) is 0 Å². The molecule has 0 radical (unpaired) electrons. The van der Waals surface area contributed by atoms with Gasteiger partial charge in [-0.15, -0.1) is 0 Å². The van der Waals surface area contributed by atoms with Crippen LogP contribution in [0, 0.1) is 0 Å². The van der Waals surface area contributed by atoms with E-state index in [0.29, 0.717) is 13.0 Å². The molecule has 0 spiro atoms. The summed E-state index contributed by atoms with van der Waals surface area (Å²) in [5.41, 5.74) is 1.65. The quantitative estimate of drug-likeness (QED) is 0.818. The predicted molar refractivity (Wildman–Crippen MR) is 80.1 cm³/mol. The van der Waals surface area contributed by atoms with Gasteiger partial charge in [0.1, 0.15) is 0 Å². The summed E-state index contributed by atoms with van der Waals surface area (Å²) in [7, 11) is 0. The number of pyridine rings is 1. The Kier molecular flexibility index (Phi) is 4.85. The number of carbonyl (C=O) groups is 1. The zero-order valence-corrected chi connectivity index (χ0v) is 11.4. The predicted octanol–water partition coefficient (Wildman–Crippen LogP) is 2.14. The molecule has 104 valence electrons. The van der Waals surface area contributed by atoms with Crippen LogP contribution >= 0.6 is 0 Å². The number of nitrogens with one attached hydrogen (secondary N) is 1. The van der Waals surface area contributed by atoms with Crippen molar-refractivity contribution in [2.75, 3.05) is 6.54 Å². The smallest absolute Gasteiger partial charge is 0.244 e. The van der Waals surface area contributed by atoms with Crippen LogP contribution in [-0.4, -0.2) is 28.6 Å². The molecular formula is C16H18N2O2. The van der Waals surface area contributed by atoms with E-state index in [1.54, 1.807) is 13.0 Å². The van der Waals surface area contributed by atoms with Crippen molar-refractivity contribution in [3.63, 3.8) is 0 Å². The minimum Gasteiger partial charge on any atom is -0.393 e. The van der Waals surface area contributed by atoms with Gasteiger partial charge in [-0.1, -0.05) is 24.3 Å². The van der Waals surface area contributed by atoms with E-state index in [1.807, 2.05) is 36.4 Å². The Morgan fingerprint density at radius 2 is 2.15 bits per heavy atom. The largest absolute Gasteiger partial charge is 0.393 e. The van der Waals surface area contributed by atoms with Crippen molar-refractivity contribution < 1.29 is 9.90 Å². The summed E-state index contributed by atoms with van der Waals surface area (Å²) in [6.45, 7) is 2.16. The summed E-state index contributed by atoms with van der Waals surface area (Å²) in [5.74, 6) is -0.180. The Hall–Kier alpha value is -2.20. The number of hydrogen-bond donors (Lipinski definition) is 2. The summed E-state index contributed by atoms with van der Waals surface area (Å²) in [6.07, 6.45) is 3.29. The summed E-state index contributed by atoms with van der Waals surface area (Å²) < 4.78 is 0. The summed E-state index contributed by atoms with van der Waals surface area (Å²) in [5, 5.41) is 12.9. The number of amides is 1. The molecule has 1 aromatic carbocycles. The molecule has 20 heavy (non-hydrogen) atoms. The van der Waals surface area contributed by atoms with E-state index in [2.05, 4.69) is 10.3 Å². The first kappa shape index (κ1) is 14.2. The zero-order chi connectivity index (χ0) is 14.4. The second kappa shape index (κ2) is 6.82. The summed E-state index contributed by atoms with van der Waals surface area (Å²) in [6, 6.07) is 11.7. The normalized spacial score (nSPS) is 12.7. The number of aliphatic hydroxyl groups is 1. The average molecular weight is 270 g/mol. The van der Waals surface area contributed by atoms with Crippen molar-refractivity contribution >= 4 is 22.9 Å². The van der Waals surface area contributed by atoms with Crippen LogP contribution in [0.15, 0.2) is 42.5 Å². The van der Waals surface area contributed by atoms with E-state index in [9.17, 15) is 4.79 Å². The molecule has 0 saturated heterocycles. The van der Waals surface area contributed by atoms with Crippen LogP contribution < -0.4 is 5.32 Å². The van der Waals surface area contributed by atoms with Gasteiger partial charge >= 0.3 is 0 Å². The van der Waals surface area contributed by atoms with Crippen LogP contribution in [0.5, 0.6) is 0 Å². The first-order valence-corrected chi connectivity index (χ1v) is 6.65. The molecule has 4 heteroatoms. The van der Waals surface area contributed by atoms with Crippen LogP contribution in [0.1, 0.15) is 19.0 Å². The summed E-state index contributed by atoms with van der Waals surface area (Å²) in [4.78, 5) is 16.0.